The molecule has 4 nitrogen and oxygen atoms in total. The van der Waals surface area contributed by atoms with Gasteiger partial charge >= 0.3 is 11.9 Å². The fourth-order valence-electron chi connectivity index (χ4n) is 2.06. The third-order valence-corrected chi connectivity index (χ3v) is 3.53. The van der Waals surface area contributed by atoms with Gasteiger partial charge in [-0.25, -0.2) is 9.59 Å². The van der Waals surface area contributed by atoms with Crippen LogP contribution in [0.5, 0.6) is 0 Å². The monoisotopic (exact) mass is 338 g/mol. The molecular weight excluding hydrogens is 327 g/mol. The Morgan fingerprint density at radius 1 is 0.773 bits per heavy atom. The summed E-state index contributed by atoms with van der Waals surface area (Å²) in [6, 6.07) is 9.50. The second-order valence-corrected chi connectivity index (χ2v) is 5.24. The van der Waals surface area contributed by atoms with Crippen LogP contribution in [0.3, 0.4) is 0 Å². The van der Waals surface area contributed by atoms with Crippen molar-refractivity contribution in [3.8, 4) is 11.1 Å². The minimum absolute atomic E-state index is 0.252. The topological polar surface area (TPSA) is 52.6 Å². The van der Waals surface area contributed by atoms with Gasteiger partial charge in [0.1, 0.15) is 0 Å². The Kier molecular flexibility index (Phi) is 5.06. The molecule has 2 aromatic rings. The number of hydrogen-bond donors (Lipinski definition) is 0. The van der Waals surface area contributed by atoms with Crippen molar-refractivity contribution >= 4 is 35.1 Å². The van der Waals surface area contributed by atoms with E-state index >= 15 is 0 Å². The second kappa shape index (κ2) is 6.81. The normalized spacial score (nSPS) is 10.2. The first kappa shape index (κ1) is 16.3. The minimum atomic E-state index is -0.553. The van der Waals surface area contributed by atoms with E-state index in [2.05, 4.69) is 0 Å². The lowest BCUT2D eigenvalue weighted by Crippen LogP contribution is -2.07. The van der Waals surface area contributed by atoms with Crippen molar-refractivity contribution in [1.29, 1.82) is 0 Å². The van der Waals surface area contributed by atoms with E-state index in [1.807, 2.05) is 0 Å². The summed E-state index contributed by atoms with van der Waals surface area (Å²) in [5.41, 5.74) is 1.52. The summed E-state index contributed by atoms with van der Waals surface area (Å²) in [7, 11) is 2.55. The Bertz CT molecular complexity index is 677. The molecule has 0 bridgehead atoms. The van der Waals surface area contributed by atoms with Crippen LogP contribution in [0.15, 0.2) is 36.4 Å². The van der Waals surface area contributed by atoms with Crippen LogP contribution in [0.4, 0.5) is 0 Å². The lowest BCUT2D eigenvalue weighted by molar-refractivity contribution is 0.0590. The fraction of sp³-hybridized carbons (Fsp3) is 0.125. The van der Waals surface area contributed by atoms with Crippen LogP contribution in [-0.2, 0) is 9.47 Å². The number of carbonyl (C=O) groups excluding carboxylic acids is 2. The second-order valence-electron chi connectivity index (χ2n) is 4.36. The molecule has 0 radical (unpaired) electrons. The third kappa shape index (κ3) is 3.24. The summed E-state index contributed by atoms with van der Waals surface area (Å²) in [5.74, 6) is -1.11. The molecule has 0 aliphatic heterocycles. The van der Waals surface area contributed by atoms with Gasteiger partial charge < -0.3 is 9.47 Å². The third-order valence-electron chi connectivity index (χ3n) is 3.06. The molecule has 0 aromatic heterocycles. The highest BCUT2D eigenvalue weighted by atomic mass is 35.5. The van der Waals surface area contributed by atoms with Crippen molar-refractivity contribution in [2.24, 2.45) is 0 Å². The number of methoxy groups -OCH3 is 2. The summed E-state index contributed by atoms with van der Waals surface area (Å²) in [4.78, 5) is 23.9. The van der Waals surface area contributed by atoms with Crippen molar-refractivity contribution in [3.63, 3.8) is 0 Å². The maximum absolute atomic E-state index is 12.0. The van der Waals surface area contributed by atoms with E-state index in [9.17, 15) is 9.59 Å². The van der Waals surface area contributed by atoms with E-state index < -0.39 is 11.9 Å². The molecule has 0 amide bonds. The Morgan fingerprint density at radius 2 is 1.14 bits per heavy atom. The number of halogens is 2. The first-order valence-electron chi connectivity index (χ1n) is 6.24. The van der Waals surface area contributed by atoms with Crippen LogP contribution in [0.2, 0.25) is 10.0 Å². The Hall–Kier alpha value is -2.04. The molecule has 0 unspecified atom stereocenters. The van der Waals surface area contributed by atoms with Gasteiger partial charge in [0.2, 0.25) is 0 Å². The standard InChI is InChI=1S/C16H12Cl2O4/c1-21-15(19)13-7-9(17)3-5-11(13)12-6-4-10(18)8-14(12)16(20)22-2/h3-8H,1-2H3. The lowest BCUT2D eigenvalue weighted by atomic mass is 9.95. The fourth-order valence-corrected chi connectivity index (χ4v) is 2.40. The minimum Gasteiger partial charge on any atom is -0.465 e. The molecule has 0 fully saturated rings. The number of hydrogen-bond acceptors (Lipinski definition) is 4. The molecule has 6 heteroatoms. The zero-order chi connectivity index (χ0) is 16.3. The average Bonchev–Trinajstić information content (AvgIpc) is 2.53. The molecule has 0 atom stereocenters. The van der Waals surface area contributed by atoms with Gasteiger partial charge in [-0.05, 0) is 35.4 Å². The van der Waals surface area contributed by atoms with Crippen LogP contribution in [0.25, 0.3) is 11.1 Å². The molecule has 0 saturated heterocycles. The predicted molar refractivity (Wildman–Crippen MR) is 84.6 cm³/mol. The van der Waals surface area contributed by atoms with Gasteiger partial charge in [-0.2, -0.15) is 0 Å². The summed E-state index contributed by atoms with van der Waals surface area (Å²) >= 11 is 11.9. The zero-order valence-electron chi connectivity index (χ0n) is 11.9. The van der Waals surface area contributed by atoms with Crippen LogP contribution in [0, 0.1) is 0 Å². The van der Waals surface area contributed by atoms with Crippen LogP contribution >= 0.6 is 23.2 Å². The smallest absolute Gasteiger partial charge is 0.338 e. The quantitative estimate of drug-likeness (QED) is 0.785. The van der Waals surface area contributed by atoms with E-state index in [0.29, 0.717) is 21.2 Å². The first-order chi connectivity index (χ1) is 10.5. The molecule has 22 heavy (non-hydrogen) atoms. The highest BCUT2D eigenvalue weighted by molar-refractivity contribution is 6.31. The van der Waals surface area contributed by atoms with Gasteiger partial charge in [-0.1, -0.05) is 35.3 Å². The van der Waals surface area contributed by atoms with Crippen molar-refractivity contribution in [1.82, 2.24) is 0 Å². The van der Waals surface area contributed by atoms with Gasteiger partial charge in [0.15, 0.2) is 0 Å². The van der Waals surface area contributed by atoms with E-state index in [4.69, 9.17) is 32.7 Å². The summed E-state index contributed by atoms with van der Waals surface area (Å²) < 4.78 is 9.53. The van der Waals surface area contributed by atoms with E-state index in [1.54, 1.807) is 24.3 Å². The molecule has 0 aliphatic carbocycles. The largest absolute Gasteiger partial charge is 0.465 e. The molecule has 114 valence electrons. The molecule has 0 aliphatic rings. The number of esters is 2. The van der Waals surface area contributed by atoms with Gasteiger partial charge in [-0.3, -0.25) is 0 Å². The van der Waals surface area contributed by atoms with Crippen molar-refractivity contribution < 1.29 is 19.1 Å². The Labute approximate surface area is 137 Å². The summed E-state index contributed by atoms with van der Waals surface area (Å²) in [6.07, 6.45) is 0. The first-order valence-corrected chi connectivity index (χ1v) is 6.99. The van der Waals surface area contributed by atoms with Crippen molar-refractivity contribution in [3.05, 3.63) is 57.6 Å². The Morgan fingerprint density at radius 3 is 1.45 bits per heavy atom. The number of rotatable bonds is 3. The summed E-state index contributed by atoms with van der Waals surface area (Å²) in [6.45, 7) is 0. The SMILES string of the molecule is COC(=O)c1cc(Cl)ccc1-c1ccc(Cl)cc1C(=O)OC. The average molecular weight is 339 g/mol. The Balaban J connectivity index is 2.72. The molecular formula is C16H12Cl2O4. The number of carbonyl (C=O) groups is 2. The molecule has 0 spiro atoms. The van der Waals surface area contributed by atoms with Gasteiger partial charge in [0.05, 0.1) is 25.3 Å². The maximum atomic E-state index is 12.0. The van der Waals surface area contributed by atoms with Crippen LogP contribution < -0.4 is 0 Å². The number of benzene rings is 2. The molecule has 0 heterocycles. The van der Waals surface area contributed by atoms with Crippen LogP contribution in [-0.4, -0.2) is 26.2 Å². The molecule has 2 rings (SSSR count). The van der Waals surface area contributed by atoms with Gasteiger partial charge in [0.25, 0.3) is 0 Å². The molecule has 0 saturated carbocycles. The van der Waals surface area contributed by atoms with E-state index in [0.717, 1.165) is 0 Å². The number of ether oxygens (including phenoxy) is 2. The van der Waals surface area contributed by atoms with Gasteiger partial charge in [0, 0.05) is 10.0 Å². The highest BCUT2D eigenvalue weighted by Crippen LogP contribution is 2.32. The zero-order valence-corrected chi connectivity index (χ0v) is 13.4. The maximum Gasteiger partial charge on any atom is 0.338 e. The molecule has 2 aromatic carbocycles. The van der Waals surface area contributed by atoms with E-state index in [-0.39, 0.29) is 11.1 Å². The van der Waals surface area contributed by atoms with Crippen molar-refractivity contribution in [2.45, 2.75) is 0 Å². The molecule has 0 N–H and O–H groups in total. The lowest BCUT2D eigenvalue weighted by Gasteiger charge is -2.12. The van der Waals surface area contributed by atoms with Crippen molar-refractivity contribution in [2.75, 3.05) is 14.2 Å². The van der Waals surface area contributed by atoms with Gasteiger partial charge in [-0.15, -0.1) is 0 Å². The highest BCUT2D eigenvalue weighted by Gasteiger charge is 2.20. The van der Waals surface area contributed by atoms with Crippen LogP contribution in [0.1, 0.15) is 20.7 Å². The summed E-state index contributed by atoms with van der Waals surface area (Å²) in [5, 5.41) is 0.774. The predicted octanol–water partition coefficient (Wildman–Crippen LogP) is 4.23. The van der Waals surface area contributed by atoms with E-state index in [1.165, 1.54) is 26.4 Å².